The smallest absolute Gasteiger partial charge is 0.307 e. The lowest BCUT2D eigenvalue weighted by atomic mass is 10.2. The average Bonchev–Trinajstić information content (AvgIpc) is 3.20. The second kappa shape index (κ2) is 6.86. The topological polar surface area (TPSA) is 77.6 Å². The molecule has 3 rings (SSSR count). The van der Waals surface area contributed by atoms with Crippen molar-refractivity contribution in [2.75, 3.05) is 5.32 Å². The Morgan fingerprint density at radius 2 is 1.89 bits per heavy atom. The van der Waals surface area contributed by atoms with Gasteiger partial charge in [-0.25, -0.2) is 14.3 Å². The van der Waals surface area contributed by atoms with E-state index < -0.39 is 17.6 Å². The fourth-order valence-corrected chi connectivity index (χ4v) is 2.55. The molecule has 0 saturated heterocycles. The second-order valence-electron chi connectivity index (χ2n) is 6.17. The summed E-state index contributed by atoms with van der Waals surface area (Å²) in [4.78, 5) is 16.4. The Hall–Kier alpha value is -3.17. The molecular weight excluding hydrogens is 361 g/mol. The molecule has 0 aromatic carbocycles. The maximum atomic E-state index is 12.7. The van der Waals surface area contributed by atoms with Gasteiger partial charge in [0.15, 0.2) is 5.82 Å². The van der Waals surface area contributed by atoms with E-state index >= 15 is 0 Å². The zero-order valence-corrected chi connectivity index (χ0v) is 14.8. The molecule has 1 amide bonds. The lowest BCUT2D eigenvalue weighted by Gasteiger charge is -2.11. The minimum atomic E-state index is -4.46. The number of anilines is 1. The molecule has 0 fully saturated rings. The van der Waals surface area contributed by atoms with Gasteiger partial charge in [-0.3, -0.25) is 4.79 Å². The van der Waals surface area contributed by atoms with Crippen molar-refractivity contribution in [1.29, 1.82) is 0 Å². The Balaban J connectivity index is 1.84. The zero-order valence-electron chi connectivity index (χ0n) is 14.8. The Morgan fingerprint density at radius 1 is 1.15 bits per heavy atom. The van der Waals surface area contributed by atoms with Crippen molar-refractivity contribution in [2.24, 2.45) is 0 Å². The number of hydrogen-bond donors (Lipinski definition) is 1. The molecule has 0 spiro atoms. The molecule has 0 aliphatic carbocycles. The maximum absolute atomic E-state index is 12.7. The first-order valence-electron chi connectivity index (χ1n) is 8.11. The van der Waals surface area contributed by atoms with Crippen LogP contribution in [0.1, 0.15) is 41.5 Å². The molecule has 1 N–H and O–H groups in total. The Bertz CT molecular complexity index is 956. The van der Waals surface area contributed by atoms with Crippen LogP contribution < -0.4 is 5.32 Å². The number of aromatic nitrogens is 5. The normalized spacial score (nSPS) is 11.8. The number of alkyl halides is 3. The summed E-state index contributed by atoms with van der Waals surface area (Å²) < 4.78 is 41.0. The first-order valence-corrected chi connectivity index (χ1v) is 8.11. The number of hydrogen-bond acceptors (Lipinski definition) is 4. The molecular formula is C17H17F3N6O. The molecule has 10 heteroatoms. The molecule has 3 aromatic rings. The highest BCUT2D eigenvalue weighted by atomic mass is 19.4. The summed E-state index contributed by atoms with van der Waals surface area (Å²) in [5, 5.41) is 11.0. The first-order chi connectivity index (χ1) is 12.7. The van der Waals surface area contributed by atoms with Gasteiger partial charge >= 0.3 is 6.18 Å². The summed E-state index contributed by atoms with van der Waals surface area (Å²) in [6, 6.07) is 3.87. The van der Waals surface area contributed by atoms with Gasteiger partial charge in [-0.15, -0.1) is 0 Å². The largest absolute Gasteiger partial charge is 0.417 e. The standard InChI is InChI=1S/C17H17F3N6O/c1-10(2)25-15(6-7-22-25)24-16(27)13-9-23-26(11(13)3)14-5-4-12(8-21-14)17(18,19)20/h4-10H,1-3H3,(H,24,27). The number of nitrogens with one attached hydrogen (secondary N) is 1. The molecule has 0 unspecified atom stereocenters. The van der Waals surface area contributed by atoms with Crippen LogP contribution in [0.2, 0.25) is 0 Å². The van der Waals surface area contributed by atoms with Crippen LogP contribution in [0.15, 0.2) is 36.8 Å². The Morgan fingerprint density at radius 3 is 2.48 bits per heavy atom. The van der Waals surface area contributed by atoms with Crippen LogP contribution in [-0.4, -0.2) is 30.5 Å². The van der Waals surface area contributed by atoms with E-state index in [-0.39, 0.29) is 17.4 Å². The highest BCUT2D eigenvalue weighted by Crippen LogP contribution is 2.29. The molecule has 7 nitrogen and oxygen atoms in total. The number of carbonyl (C=O) groups is 1. The Kier molecular flexibility index (Phi) is 4.73. The van der Waals surface area contributed by atoms with Gasteiger partial charge in [0.2, 0.25) is 0 Å². The third-order valence-electron chi connectivity index (χ3n) is 3.95. The number of halogens is 3. The van der Waals surface area contributed by atoms with Crippen LogP contribution in [0.25, 0.3) is 5.82 Å². The zero-order chi connectivity index (χ0) is 19.8. The van der Waals surface area contributed by atoms with E-state index in [9.17, 15) is 18.0 Å². The van der Waals surface area contributed by atoms with Gasteiger partial charge in [0.25, 0.3) is 5.91 Å². The van der Waals surface area contributed by atoms with Gasteiger partial charge in [-0.1, -0.05) is 0 Å². The number of nitrogens with zero attached hydrogens (tertiary/aromatic N) is 5. The third-order valence-corrected chi connectivity index (χ3v) is 3.95. The minimum absolute atomic E-state index is 0.0652. The lowest BCUT2D eigenvalue weighted by Crippen LogP contribution is -2.17. The van der Waals surface area contributed by atoms with Gasteiger partial charge in [0.1, 0.15) is 5.82 Å². The van der Waals surface area contributed by atoms with Gasteiger partial charge in [-0.05, 0) is 32.9 Å². The molecule has 0 radical (unpaired) electrons. The molecule has 142 valence electrons. The molecule has 3 aromatic heterocycles. The van der Waals surface area contributed by atoms with Crippen molar-refractivity contribution >= 4 is 11.7 Å². The van der Waals surface area contributed by atoms with Gasteiger partial charge in [0, 0.05) is 18.3 Å². The molecule has 0 saturated carbocycles. The lowest BCUT2D eigenvalue weighted by molar-refractivity contribution is -0.137. The highest BCUT2D eigenvalue weighted by molar-refractivity contribution is 6.04. The number of amides is 1. The van der Waals surface area contributed by atoms with E-state index in [2.05, 4.69) is 20.5 Å². The van der Waals surface area contributed by atoms with Crippen molar-refractivity contribution in [3.05, 3.63) is 53.6 Å². The average molecular weight is 378 g/mol. The Labute approximate surface area is 152 Å². The summed E-state index contributed by atoms with van der Waals surface area (Å²) in [5.74, 6) is 0.328. The number of rotatable bonds is 4. The summed E-state index contributed by atoms with van der Waals surface area (Å²) in [7, 11) is 0. The quantitative estimate of drug-likeness (QED) is 0.752. The van der Waals surface area contributed by atoms with E-state index in [1.165, 1.54) is 16.9 Å². The summed E-state index contributed by atoms with van der Waals surface area (Å²) >= 11 is 0. The summed E-state index contributed by atoms with van der Waals surface area (Å²) in [6.07, 6.45) is -0.801. The van der Waals surface area contributed by atoms with Gasteiger partial charge in [-0.2, -0.15) is 23.4 Å². The van der Waals surface area contributed by atoms with Crippen molar-refractivity contribution in [3.63, 3.8) is 0 Å². The fraction of sp³-hybridized carbons (Fsp3) is 0.294. The van der Waals surface area contributed by atoms with Crippen molar-refractivity contribution in [2.45, 2.75) is 33.0 Å². The van der Waals surface area contributed by atoms with Crippen molar-refractivity contribution < 1.29 is 18.0 Å². The van der Waals surface area contributed by atoms with Crippen LogP contribution in [-0.2, 0) is 6.18 Å². The van der Waals surface area contributed by atoms with Gasteiger partial charge in [0.05, 0.1) is 29.2 Å². The molecule has 0 atom stereocenters. The van der Waals surface area contributed by atoms with E-state index in [1.807, 2.05) is 13.8 Å². The van der Waals surface area contributed by atoms with E-state index in [0.717, 1.165) is 12.3 Å². The maximum Gasteiger partial charge on any atom is 0.417 e. The minimum Gasteiger partial charge on any atom is -0.307 e. The summed E-state index contributed by atoms with van der Waals surface area (Å²) in [6.45, 7) is 5.51. The van der Waals surface area contributed by atoms with Crippen LogP contribution in [0.5, 0.6) is 0 Å². The highest BCUT2D eigenvalue weighted by Gasteiger charge is 2.30. The van der Waals surface area contributed by atoms with Gasteiger partial charge < -0.3 is 5.32 Å². The molecule has 0 aliphatic rings. The summed E-state index contributed by atoms with van der Waals surface area (Å²) in [5.41, 5.74) is -0.112. The predicted octanol–water partition coefficient (Wildman–Crippen LogP) is 3.62. The van der Waals surface area contributed by atoms with E-state index in [4.69, 9.17) is 0 Å². The van der Waals surface area contributed by atoms with Crippen LogP contribution in [0.3, 0.4) is 0 Å². The monoisotopic (exact) mass is 378 g/mol. The number of carbonyl (C=O) groups excluding carboxylic acids is 1. The number of pyridine rings is 1. The molecule has 27 heavy (non-hydrogen) atoms. The fourth-order valence-electron chi connectivity index (χ4n) is 2.55. The molecule has 3 heterocycles. The van der Waals surface area contributed by atoms with Crippen LogP contribution in [0, 0.1) is 6.92 Å². The predicted molar refractivity (Wildman–Crippen MR) is 91.7 cm³/mol. The SMILES string of the molecule is Cc1c(C(=O)Nc2ccnn2C(C)C)cnn1-c1ccc(C(F)(F)F)cn1. The van der Waals surface area contributed by atoms with Crippen molar-refractivity contribution in [3.8, 4) is 5.82 Å². The molecule has 0 aliphatic heterocycles. The van der Waals surface area contributed by atoms with Crippen molar-refractivity contribution in [1.82, 2.24) is 24.5 Å². The van der Waals surface area contributed by atoms with Crippen LogP contribution in [0.4, 0.5) is 19.0 Å². The third kappa shape index (κ3) is 3.69. The van der Waals surface area contributed by atoms with E-state index in [0.29, 0.717) is 11.5 Å². The van der Waals surface area contributed by atoms with Crippen LogP contribution >= 0.6 is 0 Å². The van der Waals surface area contributed by atoms with E-state index in [1.54, 1.807) is 23.9 Å². The second-order valence-corrected chi connectivity index (χ2v) is 6.17. The first kappa shape index (κ1) is 18.6. The molecule has 0 bridgehead atoms.